The highest BCUT2D eigenvalue weighted by Crippen LogP contribution is 2.71. The summed E-state index contributed by atoms with van der Waals surface area (Å²) in [7, 11) is 0. The number of carbonyl (C=O) groups is 4. The van der Waals surface area contributed by atoms with E-state index in [1.807, 2.05) is 6.92 Å². The normalized spacial score (nSPS) is 42.2. The summed E-state index contributed by atoms with van der Waals surface area (Å²) in [6.45, 7) is 7.85. The van der Waals surface area contributed by atoms with Gasteiger partial charge in [-0.05, 0) is 87.2 Å². The van der Waals surface area contributed by atoms with Crippen LogP contribution in [0.25, 0.3) is 0 Å². The first-order chi connectivity index (χ1) is 15.5. The van der Waals surface area contributed by atoms with Crippen molar-refractivity contribution in [3.05, 3.63) is 35.3 Å². The molecule has 176 valence electrons. The number of hydrogen-bond donors (Lipinski definition) is 1. The number of carboxylic acids is 1. The molecule has 33 heavy (non-hydrogen) atoms. The highest BCUT2D eigenvalue weighted by atomic mass is 16.4. The summed E-state index contributed by atoms with van der Waals surface area (Å²) in [5, 5.41) is 9.80. The number of hydrogen-bond acceptors (Lipinski definition) is 5. The van der Waals surface area contributed by atoms with E-state index in [0.717, 1.165) is 37.7 Å². The third-order valence-electron chi connectivity index (χ3n) is 10.3. The van der Waals surface area contributed by atoms with Crippen LogP contribution in [0.5, 0.6) is 0 Å². The molecule has 0 bridgehead atoms. The summed E-state index contributed by atoms with van der Waals surface area (Å²) in [5.41, 5.74) is -0.489. The lowest BCUT2D eigenvalue weighted by atomic mass is 9.43. The Morgan fingerprint density at radius 1 is 1.15 bits per heavy atom. The van der Waals surface area contributed by atoms with Gasteiger partial charge in [-0.25, -0.2) is 4.79 Å². The summed E-state index contributed by atoms with van der Waals surface area (Å²) in [4.78, 5) is 50.8. The van der Waals surface area contributed by atoms with E-state index in [9.17, 15) is 24.3 Å². The minimum absolute atomic E-state index is 0.00991. The molecule has 0 amide bonds. The van der Waals surface area contributed by atoms with Crippen LogP contribution in [0, 0.1) is 34.5 Å². The van der Waals surface area contributed by atoms with Crippen LogP contribution < -0.4 is 0 Å². The first-order valence-electron chi connectivity index (χ1n) is 12.1. The van der Waals surface area contributed by atoms with Gasteiger partial charge < -0.3 is 9.52 Å². The van der Waals surface area contributed by atoms with Crippen LogP contribution in [0.1, 0.15) is 82.3 Å². The van der Waals surface area contributed by atoms with Crippen LogP contribution in [0.15, 0.2) is 28.4 Å². The zero-order valence-electron chi connectivity index (χ0n) is 19.8. The van der Waals surface area contributed by atoms with Crippen molar-refractivity contribution < 1.29 is 28.7 Å². The molecule has 0 radical (unpaired) electrons. The van der Waals surface area contributed by atoms with Crippen molar-refractivity contribution in [3.8, 4) is 0 Å². The minimum atomic E-state index is -1.15. The fourth-order valence-corrected chi connectivity index (χ4v) is 9.08. The number of carboxylic acid groups (broad SMARTS) is 1. The van der Waals surface area contributed by atoms with Gasteiger partial charge in [-0.2, -0.15) is 0 Å². The molecule has 4 unspecified atom stereocenters. The van der Waals surface area contributed by atoms with E-state index in [0.29, 0.717) is 5.56 Å². The van der Waals surface area contributed by atoms with Crippen molar-refractivity contribution in [1.29, 1.82) is 0 Å². The Balaban J connectivity index is 1.63. The Labute approximate surface area is 193 Å². The molecular weight excluding hydrogens is 420 g/mol. The molecule has 4 aliphatic carbocycles. The standard InChI is InChI=1S/C27H32O6/c1-14-11-21-18-6-5-16-12-17(29)13-22(30)26(16,4)19(18)7-9-25(21,3)27(14,15(2)28)20-8-10-33-23(20)24(31)32/h8,10,12,14,18-19,21H,5-7,9,11,13H2,1-4H3,(H,31,32)/t14?,18?,19?,21?,25-,26-,27-/m0/s1. The van der Waals surface area contributed by atoms with Gasteiger partial charge in [0.05, 0.1) is 23.5 Å². The van der Waals surface area contributed by atoms with E-state index in [-0.39, 0.29) is 53.2 Å². The zero-order chi connectivity index (χ0) is 23.9. The Bertz CT molecular complexity index is 1110. The van der Waals surface area contributed by atoms with Crippen LogP contribution in [0.3, 0.4) is 0 Å². The minimum Gasteiger partial charge on any atom is -0.475 e. The van der Waals surface area contributed by atoms with Crippen molar-refractivity contribution in [1.82, 2.24) is 0 Å². The number of ketones is 3. The molecule has 0 aliphatic heterocycles. The predicted octanol–water partition coefficient (Wildman–Crippen LogP) is 4.76. The molecule has 0 saturated heterocycles. The Morgan fingerprint density at radius 2 is 1.88 bits per heavy atom. The Hall–Kier alpha value is -2.50. The summed E-state index contributed by atoms with van der Waals surface area (Å²) in [6.07, 6.45) is 7.03. The van der Waals surface area contributed by atoms with E-state index in [4.69, 9.17) is 4.42 Å². The maximum atomic E-state index is 13.5. The van der Waals surface area contributed by atoms with E-state index in [1.165, 1.54) is 6.26 Å². The number of rotatable bonds is 3. The number of Topliss-reactive ketones (excluding diaryl/α,β-unsaturated/α-hetero) is 2. The van der Waals surface area contributed by atoms with Gasteiger partial charge in [-0.15, -0.1) is 0 Å². The molecule has 0 aromatic carbocycles. The molecule has 7 atom stereocenters. The van der Waals surface area contributed by atoms with Gasteiger partial charge in [0.15, 0.2) is 11.6 Å². The van der Waals surface area contributed by atoms with E-state index in [1.54, 1.807) is 19.1 Å². The second-order valence-electron chi connectivity index (χ2n) is 11.3. The van der Waals surface area contributed by atoms with Crippen LogP contribution in [-0.2, 0) is 19.8 Å². The number of aromatic carboxylic acids is 1. The van der Waals surface area contributed by atoms with E-state index in [2.05, 4.69) is 13.8 Å². The lowest BCUT2D eigenvalue weighted by molar-refractivity contribution is -0.144. The van der Waals surface area contributed by atoms with Crippen molar-refractivity contribution in [2.75, 3.05) is 0 Å². The van der Waals surface area contributed by atoms with Gasteiger partial charge in [-0.3, -0.25) is 14.4 Å². The van der Waals surface area contributed by atoms with Crippen molar-refractivity contribution in [3.63, 3.8) is 0 Å². The van der Waals surface area contributed by atoms with Crippen molar-refractivity contribution >= 4 is 23.3 Å². The number of allylic oxidation sites excluding steroid dienone is 1. The van der Waals surface area contributed by atoms with Gasteiger partial charge in [0.25, 0.3) is 0 Å². The first kappa shape index (κ1) is 22.3. The molecule has 1 heterocycles. The summed E-state index contributed by atoms with van der Waals surface area (Å²) >= 11 is 0. The van der Waals surface area contributed by atoms with Crippen LogP contribution >= 0.6 is 0 Å². The SMILES string of the molecule is CC(=O)[C@]1(c2ccoc2C(=O)O)C(C)CC2C3CCC4=CC(=O)CC(=O)[C@]4(C)C3CC[C@@]21C. The molecule has 5 rings (SSSR count). The van der Waals surface area contributed by atoms with E-state index >= 15 is 0 Å². The quantitative estimate of drug-likeness (QED) is 0.664. The van der Waals surface area contributed by atoms with Crippen molar-refractivity contribution in [2.24, 2.45) is 34.5 Å². The highest BCUT2D eigenvalue weighted by Gasteiger charge is 2.70. The Morgan fingerprint density at radius 3 is 2.55 bits per heavy atom. The maximum Gasteiger partial charge on any atom is 0.372 e. The second kappa shape index (κ2) is 7.00. The van der Waals surface area contributed by atoms with Gasteiger partial charge in [0, 0.05) is 5.56 Å². The maximum absolute atomic E-state index is 13.5. The molecule has 1 aromatic rings. The molecule has 6 nitrogen and oxygen atoms in total. The van der Waals surface area contributed by atoms with E-state index < -0.39 is 22.2 Å². The lowest BCUT2D eigenvalue weighted by Crippen LogP contribution is -2.58. The zero-order valence-corrected chi connectivity index (χ0v) is 19.8. The average molecular weight is 453 g/mol. The summed E-state index contributed by atoms with van der Waals surface area (Å²) in [6, 6.07) is 1.68. The van der Waals surface area contributed by atoms with Crippen molar-refractivity contribution in [2.45, 2.75) is 71.6 Å². The number of fused-ring (bicyclic) bond motifs is 5. The molecule has 0 spiro atoms. The van der Waals surface area contributed by atoms with Crippen LogP contribution in [-0.4, -0.2) is 28.4 Å². The molecular formula is C27H32O6. The molecule has 1 aromatic heterocycles. The monoisotopic (exact) mass is 452 g/mol. The Kier molecular flexibility index (Phi) is 4.73. The molecule has 6 heteroatoms. The number of furan rings is 1. The third-order valence-corrected chi connectivity index (χ3v) is 10.3. The van der Waals surface area contributed by atoms with Crippen LogP contribution in [0.2, 0.25) is 0 Å². The number of carbonyl (C=O) groups excluding carboxylic acids is 3. The highest BCUT2D eigenvalue weighted by molar-refractivity contribution is 6.11. The second-order valence-corrected chi connectivity index (χ2v) is 11.3. The fraction of sp³-hybridized carbons (Fsp3) is 0.630. The smallest absolute Gasteiger partial charge is 0.372 e. The molecule has 3 saturated carbocycles. The van der Waals surface area contributed by atoms with Gasteiger partial charge in [-0.1, -0.05) is 19.4 Å². The topological polar surface area (TPSA) is 102 Å². The van der Waals surface area contributed by atoms with Gasteiger partial charge in [0.1, 0.15) is 5.78 Å². The lowest BCUT2D eigenvalue weighted by Gasteiger charge is -2.59. The summed E-state index contributed by atoms with van der Waals surface area (Å²) < 4.78 is 5.37. The fourth-order valence-electron chi connectivity index (χ4n) is 9.08. The molecule has 4 aliphatic rings. The molecule has 3 fully saturated rings. The van der Waals surface area contributed by atoms with Crippen LogP contribution in [0.4, 0.5) is 0 Å². The summed E-state index contributed by atoms with van der Waals surface area (Å²) in [5.74, 6) is -0.800. The largest absolute Gasteiger partial charge is 0.475 e. The first-order valence-corrected chi connectivity index (χ1v) is 12.1. The average Bonchev–Trinajstić information content (AvgIpc) is 3.29. The van der Waals surface area contributed by atoms with Gasteiger partial charge in [0.2, 0.25) is 5.76 Å². The predicted molar refractivity (Wildman–Crippen MR) is 120 cm³/mol. The third kappa shape index (κ3) is 2.55. The van der Waals surface area contributed by atoms with Gasteiger partial charge >= 0.3 is 5.97 Å². The molecule has 1 N–H and O–H groups in total.